The minimum Gasteiger partial charge on any atom is -0.207 e. The van der Waals surface area contributed by atoms with Crippen LogP contribution in [-0.4, -0.2) is 0 Å². The minimum absolute atomic E-state index is 0.273. The summed E-state index contributed by atoms with van der Waals surface area (Å²) in [5.41, 5.74) is 0.532. The Kier molecular flexibility index (Phi) is 4.96. The Bertz CT molecular complexity index is 428. The van der Waals surface area contributed by atoms with Crippen molar-refractivity contribution in [1.29, 1.82) is 0 Å². The molecule has 1 atom stereocenters. The lowest BCUT2D eigenvalue weighted by molar-refractivity contribution is 0.281. The number of halogens is 4. The van der Waals surface area contributed by atoms with Crippen LogP contribution in [0.1, 0.15) is 43.5 Å². The van der Waals surface area contributed by atoms with E-state index in [1.54, 1.807) is 6.07 Å². The quantitative estimate of drug-likeness (QED) is 0.429. The summed E-state index contributed by atoms with van der Waals surface area (Å²) in [7, 11) is 0. The maximum atomic E-state index is 13.9. The smallest absolute Gasteiger partial charge is 0.129 e. The summed E-state index contributed by atoms with van der Waals surface area (Å²) in [6.07, 6.45) is 4.50. The molecule has 18 heavy (non-hydrogen) atoms. The van der Waals surface area contributed by atoms with Crippen LogP contribution in [0.3, 0.4) is 0 Å². The van der Waals surface area contributed by atoms with E-state index in [-0.39, 0.29) is 11.2 Å². The van der Waals surface area contributed by atoms with Gasteiger partial charge in [0.1, 0.15) is 5.82 Å². The number of benzene rings is 1. The zero-order valence-corrected chi connectivity index (χ0v) is 13.3. The van der Waals surface area contributed by atoms with E-state index < -0.39 is 0 Å². The van der Waals surface area contributed by atoms with E-state index in [0.717, 1.165) is 18.8 Å². The molecule has 1 unspecified atom stereocenters. The molecule has 0 amide bonds. The van der Waals surface area contributed by atoms with Crippen LogP contribution >= 0.6 is 39.1 Å². The second kappa shape index (κ2) is 6.11. The van der Waals surface area contributed by atoms with Crippen molar-refractivity contribution >= 4 is 39.1 Å². The van der Waals surface area contributed by atoms with Gasteiger partial charge in [-0.1, -0.05) is 31.4 Å². The molecule has 1 saturated carbocycles. The van der Waals surface area contributed by atoms with Crippen molar-refractivity contribution in [1.82, 2.24) is 0 Å². The molecule has 1 aliphatic rings. The van der Waals surface area contributed by atoms with Crippen molar-refractivity contribution in [2.45, 2.75) is 38.0 Å². The van der Waals surface area contributed by atoms with E-state index in [0.29, 0.717) is 21.0 Å². The fourth-order valence-corrected chi connectivity index (χ4v) is 3.49. The van der Waals surface area contributed by atoms with Crippen LogP contribution < -0.4 is 0 Å². The second-order valence-electron chi connectivity index (χ2n) is 5.21. The summed E-state index contributed by atoms with van der Waals surface area (Å²) >= 11 is 15.7. The third kappa shape index (κ3) is 3.20. The van der Waals surface area contributed by atoms with Gasteiger partial charge in [0.15, 0.2) is 0 Å². The van der Waals surface area contributed by atoms with E-state index >= 15 is 0 Å². The first-order valence-electron chi connectivity index (χ1n) is 6.27. The largest absolute Gasteiger partial charge is 0.207 e. The zero-order chi connectivity index (χ0) is 13.3. The highest BCUT2D eigenvalue weighted by Crippen LogP contribution is 2.42. The van der Waals surface area contributed by atoms with Crippen LogP contribution in [0.4, 0.5) is 4.39 Å². The molecule has 0 radical (unpaired) electrons. The first-order chi connectivity index (χ1) is 8.49. The zero-order valence-electron chi connectivity index (χ0n) is 10.2. The number of hydrogen-bond acceptors (Lipinski definition) is 0. The van der Waals surface area contributed by atoms with Gasteiger partial charge in [0.05, 0.1) is 10.4 Å². The highest BCUT2D eigenvalue weighted by molar-refractivity contribution is 9.10. The number of alkyl halides is 1. The maximum Gasteiger partial charge on any atom is 0.129 e. The van der Waals surface area contributed by atoms with Crippen molar-refractivity contribution in [2.75, 3.05) is 0 Å². The molecule has 1 aliphatic carbocycles. The van der Waals surface area contributed by atoms with Crippen LogP contribution in [0.2, 0.25) is 5.02 Å². The van der Waals surface area contributed by atoms with Crippen molar-refractivity contribution in [3.63, 3.8) is 0 Å². The van der Waals surface area contributed by atoms with Crippen LogP contribution in [0.15, 0.2) is 16.6 Å². The fourth-order valence-electron chi connectivity index (χ4n) is 2.58. The summed E-state index contributed by atoms with van der Waals surface area (Å²) in [6, 6.07) is 3.05. The van der Waals surface area contributed by atoms with Gasteiger partial charge >= 0.3 is 0 Å². The van der Waals surface area contributed by atoms with Crippen molar-refractivity contribution < 1.29 is 4.39 Å². The molecular formula is C14H16BrCl2F. The van der Waals surface area contributed by atoms with E-state index in [4.69, 9.17) is 23.2 Å². The molecule has 1 aromatic carbocycles. The van der Waals surface area contributed by atoms with Gasteiger partial charge in [-0.15, -0.1) is 11.6 Å². The predicted molar refractivity (Wildman–Crippen MR) is 78.8 cm³/mol. The third-order valence-corrected chi connectivity index (χ3v) is 5.60. The molecule has 1 fully saturated rings. The Hall–Kier alpha value is 0.210. The topological polar surface area (TPSA) is 0 Å². The average molecular weight is 354 g/mol. The molecule has 4 heteroatoms. The highest BCUT2D eigenvalue weighted by Gasteiger charge is 2.28. The standard InChI is InChI=1S/C14H16BrCl2F/c1-8-2-4-9(5-3-8)14(17)10-6-12(16)11(15)7-13(10)18/h6-9,14H,2-5H2,1H3. The Morgan fingerprint density at radius 1 is 1.28 bits per heavy atom. The SMILES string of the molecule is CC1CCC(C(Cl)c2cc(Cl)c(Br)cc2F)CC1. The number of hydrogen-bond donors (Lipinski definition) is 0. The lowest BCUT2D eigenvalue weighted by Gasteiger charge is -2.30. The van der Waals surface area contributed by atoms with Crippen LogP contribution in [0, 0.1) is 17.7 Å². The summed E-state index contributed by atoms with van der Waals surface area (Å²) in [4.78, 5) is 0. The second-order valence-corrected chi connectivity index (χ2v) is 6.94. The lowest BCUT2D eigenvalue weighted by atomic mass is 9.80. The Labute approximate surface area is 126 Å². The van der Waals surface area contributed by atoms with Gasteiger partial charge in [-0.3, -0.25) is 0 Å². The van der Waals surface area contributed by atoms with Crippen LogP contribution in [-0.2, 0) is 0 Å². The molecule has 0 heterocycles. The molecular weight excluding hydrogens is 338 g/mol. The predicted octanol–water partition coefficient (Wildman–Crippen LogP) is 6.35. The van der Waals surface area contributed by atoms with Gasteiger partial charge in [-0.2, -0.15) is 0 Å². The lowest BCUT2D eigenvalue weighted by Crippen LogP contribution is -2.17. The van der Waals surface area contributed by atoms with E-state index in [9.17, 15) is 4.39 Å². The summed E-state index contributed by atoms with van der Waals surface area (Å²) in [6.45, 7) is 2.26. The molecule has 1 aromatic rings. The number of rotatable bonds is 2. The molecule has 0 bridgehead atoms. The molecule has 100 valence electrons. The van der Waals surface area contributed by atoms with Gasteiger partial charge in [0.2, 0.25) is 0 Å². The summed E-state index contributed by atoms with van der Waals surface area (Å²) in [5, 5.41) is 0.240. The van der Waals surface area contributed by atoms with Gasteiger partial charge in [-0.05, 0) is 52.7 Å². The minimum atomic E-state index is -0.275. The monoisotopic (exact) mass is 352 g/mol. The van der Waals surface area contributed by atoms with Crippen LogP contribution in [0.25, 0.3) is 0 Å². The van der Waals surface area contributed by atoms with Crippen molar-refractivity contribution in [3.8, 4) is 0 Å². The molecule has 0 aliphatic heterocycles. The Morgan fingerprint density at radius 3 is 2.50 bits per heavy atom. The fraction of sp³-hybridized carbons (Fsp3) is 0.571. The van der Waals surface area contributed by atoms with Gasteiger partial charge < -0.3 is 0 Å². The summed E-state index contributed by atoms with van der Waals surface area (Å²) in [5.74, 6) is 0.850. The maximum absolute atomic E-state index is 13.9. The molecule has 0 saturated heterocycles. The normalized spacial score (nSPS) is 26.1. The Balaban J connectivity index is 2.18. The molecule has 0 aromatic heterocycles. The van der Waals surface area contributed by atoms with Crippen molar-refractivity contribution in [3.05, 3.63) is 33.0 Å². The molecule has 0 nitrogen and oxygen atoms in total. The van der Waals surface area contributed by atoms with Gasteiger partial charge in [0.25, 0.3) is 0 Å². The molecule has 0 N–H and O–H groups in total. The first-order valence-corrected chi connectivity index (χ1v) is 7.88. The van der Waals surface area contributed by atoms with E-state index in [2.05, 4.69) is 22.9 Å². The van der Waals surface area contributed by atoms with Crippen molar-refractivity contribution in [2.24, 2.45) is 11.8 Å². The molecule has 2 rings (SSSR count). The van der Waals surface area contributed by atoms with Gasteiger partial charge in [-0.25, -0.2) is 4.39 Å². The van der Waals surface area contributed by atoms with E-state index in [1.165, 1.54) is 18.9 Å². The third-order valence-electron chi connectivity index (χ3n) is 3.81. The van der Waals surface area contributed by atoms with E-state index in [1.807, 2.05) is 0 Å². The Morgan fingerprint density at radius 2 is 1.89 bits per heavy atom. The first kappa shape index (κ1) is 14.6. The summed E-state index contributed by atoms with van der Waals surface area (Å²) < 4.78 is 14.5. The average Bonchev–Trinajstić information content (AvgIpc) is 2.34. The molecule has 0 spiro atoms. The van der Waals surface area contributed by atoms with Gasteiger partial charge in [0, 0.05) is 10.0 Å². The highest BCUT2D eigenvalue weighted by atomic mass is 79.9. The van der Waals surface area contributed by atoms with Crippen LogP contribution in [0.5, 0.6) is 0 Å².